The number of piperidine rings is 1. The number of aromatic nitrogens is 1. The predicted octanol–water partition coefficient (Wildman–Crippen LogP) is 2.53. The molecule has 1 saturated heterocycles. The number of amides is 2. The maximum absolute atomic E-state index is 13.1. The number of carbonyl (C=O) groups excluding carboxylic acids is 2. The second-order valence-electron chi connectivity index (χ2n) is 6.68. The molecule has 7 heteroatoms. The predicted molar refractivity (Wildman–Crippen MR) is 93.3 cm³/mol. The lowest BCUT2D eigenvalue weighted by Crippen LogP contribution is -2.39. The zero-order valence-corrected chi connectivity index (χ0v) is 14.5. The molecule has 138 valence electrons. The van der Waals surface area contributed by atoms with Gasteiger partial charge in [0.2, 0.25) is 11.8 Å². The van der Waals surface area contributed by atoms with Gasteiger partial charge >= 0.3 is 0 Å². The van der Waals surface area contributed by atoms with Crippen molar-refractivity contribution in [2.45, 2.75) is 32.1 Å². The van der Waals surface area contributed by atoms with Gasteiger partial charge in [-0.2, -0.15) is 0 Å². The number of hydrogen-bond donors (Lipinski definition) is 1. The van der Waals surface area contributed by atoms with Crippen molar-refractivity contribution in [1.29, 1.82) is 0 Å². The summed E-state index contributed by atoms with van der Waals surface area (Å²) < 4.78 is 18.3. The van der Waals surface area contributed by atoms with Gasteiger partial charge in [0, 0.05) is 37.1 Å². The number of rotatable bonds is 6. The van der Waals surface area contributed by atoms with E-state index in [1.165, 1.54) is 12.1 Å². The fraction of sp³-hybridized carbons (Fsp3) is 0.421. The van der Waals surface area contributed by atoms with Crippen LogP contribution in [0.25, 0.3) is 11.3 Å². The third-order valence-electron chi connectivity index (χ3n) is 4.82. The zero-order valence-electron chi connectivity index (χ0n) is 14.5. The van der Waals surface area contributed by atoms with Gasteiger partial charge in [0.25, 0.3) is 0 Å². The van der Waals surface area contributed by atoms with Crippen molar-refractivity contribution >= 4 is 11.8 Å². The third kappa shape index (κ3) is 4.47. The van der Waals surface area contributed by atoms with Crippen LogP contribution in [0.4, 0.5) is 4.39 Å². The van der Waals surface area contributed by atoms with Gasteiger partial charge in [-0.25, -0.2) is 4.39 Å². The Hall–Kier alpha value is -2.70. The molecule has 3 rings (SSSR count). The molecule has 0 saturated carbocycles. The molecule has 0 bridgehead atoms. The Morgan fingerprint density at radius 2 is 1.92 bits per heavy atom. The third-order valence-corrected chi connectivity index (χ3v) is 4.82. The topological polar surface area (TPSA) is 89.4 Å². The van der Waals surface area contributed by atoms with E-state index in [-0.39, 0.29) is 23.5 Å². The minimum Gasteiger partial charge on any atom is -0.370 e. The molecule has 2 N–H and O–H groups in total. The maximum Gasteiger partial charge on any atom is 0.222 e. The van der Waals surface area contributed by atoms with E-state index < -0.39 is 0 Å². The van der Waals surface area contributed by atoms with Crippen LogP contribution in [0.15, 0.2) is 35.0 Å². The fourth-order valence-corrected chi connectivity index (χ4v) is 3.35. The fourth-order valence-electron chi connectivity index (χ4n) is 3.35. The van der Waals surface area contributed by atoms with Gasteiger partial charge in [0.1, 0.15) is 5.82 Å². The quantitative estimate of drug-likeness (QED) is 0.858. The number of nitrogens with zero attached hydrogens (tertiary/aromatic N) is 2. The Labute approximate surface area is 151 Å². The number of aryl methyl sites for hydroxylation is 1. The number of primary amides is 1. The molecule has 2 aromatic rings. The van der Waals surface area contributed by atoms with E-state index in [2.05, 4.69) is 5.16 Å². The van der Waals surface area contributed by atoms with Crippen molar-refractivity contribution in [2.24, 2.45) is 11.7 Å². The van der Waals surface area contributed by atoms with Crippen LogP contribution in [0.2, 0.25) is 0 Å². The number of carbonyl (C=O) groups is 2. The summed E-state index contributed by atoms with van der Waals surface area (Å²) in [7, 11) is 0. The monoisotopic (exact) mass is 359 g/mol. The highest BCUT2D eigenvalue weighted by Crippen LogP contribution is 2.26. The van der Waals surface area contributed by atoms with Crippen molar-refractivity contribution in [3.05, 3.63) is 41.8 Å². The van der Waals surface area contributed by atoms with E-state index in [0.29, 0.717) is 38.1 Å². The summed E-state index contributed by atoms with van der Waals surface area (Å²) in [5.74, 6) is 0.326. The van der Waals surface area contributed by atoms with Crippen LogP contribution in [0.3, 0.4) is 0 Å². The number of nitrogens with two attached hydrogens (primary N) is 1. The van der Waals surface area contributed by atoms with Crippen molar-refractivity contribution in [3.8, 4) is 11.3 Å². The second-order valence-corrected chi connectivity index (χ2v) is 6.68. The molecule has 0 atom stereocenters. The SMILES string of the molecule is NC(=O)CC1CCN(C(=O)CCc2cnoc2-c2ccc(F)cc2)CC1. The average Bonchev–Trinajstić information content (AvgIpc) is 3.09. The molecule has 0 spiro atoms. The van der Waals surface area contributed by atoms with Crippen LogP contribution in [0.5, 0.6) is 0 Å². The second kappa shape index (κ2) is 8.12. The average molecular weight is 359 g/mol. The first-order valence-electron chi connectivity index (χ1n) is 8.78. The minimum absolute atomic E-state index is 0.0776. The number of halogens is 1. The molecule has 1 aromatic carbocycles. The first kappa shape index (κ1) is 18.1. The molecule has 1 aliphatic rings. The highest BCUT2D eigenvalue weighted by atomic mass is 19.1. The van der Waals surface area contributed by atoms with Gasteiger partial charge in [0.15, 0.2) is 5.76 Å². The molecule has 0 radical (unpaired) electrons. The van der Waals surface area contributed by atoms with Gasteiger partial charge < -0.3 is 15.2 Å². The van der Waals surface area contributed by atoms with Gasteiger partial charge in [0.05, 0.1) is 6.20 Å². The number of benzene rings is 1. The first-order valence-corrected chi connectivity index (χ1v) is 8.78. The molecular formula is C19H22FN3O3. The van der Waals surface area contributed by atoms with E-state index in [0.717, 1.165) is 24.0 Å². The van der Waals surface area contributed by atoms with Crippen LogP contribution in [0.1, 0.15) is 31.2 Å². The summed E-state index contributed by atoms with van der Waals surface area (Å²) in [5, 5.41) is 3.81. The van der Waals surface area contributed by atoms with E-state index >= 15 is 0 Å². The van der Waals surface area contributed by atoms with Crippen molar-refractivity contribution in [3.63, 3.8) is 0 Å². The lowest BCUT2D eigenvalue weighted by atomic mass is 9.93. The summed E-state index contributed by atoms with van der Waals surface area (Å²) in [6.07, 6.45) is 4.48. The molecule has 2 heterocycles. The molecular weight excluding hydrogens is 337 g/mol. The molecule has 1 fully saturated rings. The van der Waals surface area contributed by atoms with Crippen molar-refractivity contribution in [2.75, 3.05) is 13.1 Å². The summed E-state index contributed by atoms with van der Waals surface area (Å²) in [6, 6.07) is 5.99. The minimum atomic E-state index is -0.315. The molecule has 26 heavy (non-hydrogen) atoms. The van der Waals surface area contributed by atoms with Crippen LogP contribution in [0, 0.1) is 11.7 Å². The smallest absolute Gasteiger partial charge is 0.222 e. The van der Waals surface area contributed by atoms with Crippen LogP contribution in [-0.4, -0.2) is 35.0 Å². The highest BCUT2D eigenvalue weighted by Gasteiger charge is 2.24. The zero-order chi connectivity index (χ0) is 18.5. The Morgan fingerprint density at radius 1 is 1.23 bits per heavy atom. The van der Waals surface area contributed by atoms with Crippen molar-refractivity contribution in [1.82, 2.24) is 10.1 Å². The molecule has 2 amide bonds. The summed E-state index contributed by atoms with van der Waals surface area (Å²) in [6.45, 7) is 1.32. The Kier molecular flexibility index (Phi) is 5.65. The van der Waals surface area contributed by atoms with Gasteiger partial charge in [-0.05, 0) is 49.4 Å². The van der Waals surface area contributed by atoms with Crippen LogP contribution in [-0.2, 0) is 16.0 Å². The maximum atomic E-state index is 13.1. The standard InChI is InChI=1S/C19H22FN3O3/c20-16-4-1-14(2-5-16)19-15(12-22-26-19)3-6-18(25)23-9-7-13(8-10-23)11-17(21)24/h1-2,4-5,12-13H,3,6-11H2,(H2,21,24). The highest BCUT2D eigenvalue weighted by molar-refractivity contribution is 5.77. The van der Waals surface area contributed by atoms with E-state index in [4.69, 9.17) is 10.3 Å². The molecule has 6 nitrogen and oxygen atoms in total. The van der Waals surface area contributed by atoms with E-state index in [1.807, 2.05) is 4.90 Å². The van der Waals surface area contributed by atoms with Gasteiger partial charge in [-0.15, -0.1) is 0 Å². The van der Waals surface area contributed by atoms with E-state index in [1.54, 1.807) is 18.3 Å². The molecule has 0 unspecified atom stereocenters. The Morgan fingerprint density at radius 3 is 2.58 bits per heavy atom. The first-order chi connectivity index (χ1) is 12.5. The normalized spacial score (nSPS) is 15.2. The Balaban J connectivity index is 1.54. The van der Waals surface area contributed by atoms with E-state index in [9.17, 15) is 14.0 Å². The summed E-state index contributed by atoms with van der Waals surface area (Å²) >= 11 is 0. The lowest BCUT2D eigenvalue weighted by molar-refractivity contribution is -0.132. The van der Waals surface area contributed by atoms with Gasteiger partial charge in [-0.1, -0.05) is 5.16 Å². The lowest BCUT2D eigenvalue weighted by Gasteiger charge is -2.31. The molecule has 1 aromatic heterocycles. The van der Waals surface area contributed by atoms with Gasteiger partial charge in [-0.3, -0.25) is 9.59 Å². The number of hydrogen-bond acceptors (Lipinski definition) is 4. The molecule has 1 aliphatic heterocycles. The summed E-state index contributed by atoms with van der Waals surface area (Å²) in [4.78, 5) is 25.3. The molecule has 0 aliphatic carbocycles. The van der Waals surface area contributed by atoms with Crippen LogP contribution < -0.4 is 5.73 Å². The van der Waals surface area contributed by atoms with Crippen LogP contribution >= 0.6 is 0 Å². The summed E-state index contributed by atoms with van der Waals surface area (Å²) in [5.41, 5.74) is 6.80. The number of likely N-dealkylation sites (tertiary alicyclic amines) is 1. The Bertz CT molecular complexity index is 765. The largest absolute Gasteiger partial charge is 0.370 e. The van der Waals surface area contributed by atoms with Crippen molar-refractivity contribution < 1.29 is 18.5 Å².